The Labute approximate surface area is 207 Å². The molecular weight excluding hydrogens is 465 g/mol. The van der Waals surface area contributed by atoms with Crippen molar-refractivity contribution in [2.45, 2.75) is 44.9 Å². The average Bonchev–Trinajstić information content (AvgIpc) is 3.20. The van der Waals surface area contributed by atoms with Crippen molar-refractivity contribution >= 4 is 5.97 Å². The molecule has 9 nitrogen and oxygen atoms in total. The zero-order chi connectivity index (χ0) is 25.5. The van der Waals surface area contributed by atoms with Gasteiger partial charge >= 0.3 is 5.97 Å². The monoisotopic (exact) mass is 491 g/mol. The number of ether oxygens (including phenoxy) is 2. The number of carbonyl (C=O) groups is 1. The van der Waals surface area contributed by atoms with E-state index in [1.165, 1.54) is 0 Å². The molecule has 4 rings (SSSR count). The number of hydrogen-bond donors (Lipinski definition) is 1. The number of rotatable bonds is 9. The molecule has 0 bridgehead atoms. The molecule has 3 atom stereocenters. The van der Waals surface area contributed by atoms with Crippen molar-refractivity contribution in [2.75, 3.05) is 6.61 Å². The summed E-state index contributed by atoms with van der Waals surface area (Å²) >= 11 is 0. The van der Waals surface area contributed by atoms with Crippen LogP contribution in [0.1, 0.15) is 30.9 Å². The van der Waals surface area contributed by atoms with Crippen LogP contribution in [0.3, 0.4) is 0 Å². The first-order valence-electron chi connectivity index (χ1n) is 11.6. The second-order valence-electron chi connectivity index (χ2n) is 8.76. The highest BCUT2D eigenvalue weighted by molar-refractivity contribution is 5.78. The Kier molecular flexibility index (Phi) is 7.77. The Morgan fingerprint density at radius 3 is 2.64 bits per heavy atom. The maximum absolute atomic E-state index is 13.5. The molecule has 10 heteroatoms. The van der Waals surface area contributed by atoms with Crippen molar-refractivity contribution in [3.05, 3.63) is 88.3 Å². The van der Waals surface area contributed by atoms with Gasteiger partial charge in [0.1, 0.15) is 12.4 Å². The number of aliphatic hydroxyl groups excluding tert-OH is 1. The summed E-state index contributed by atoms with van der Waals surface area (Å²) in [4.78, 5) is 24.1. The highest BCUT2D eigenvalue weighted by Crippen LogP contribution is 2.44. The molecular formula is C26H26FN5O4. The van der Waals surface area contributed by atoms with Gasteiger partial charge in [0.05, 0.1) is 42.1 Å². The molecule has 0 spiro atoms. The number of azide groups is 1. The third kappa shape index (κ3) is 5.62. The Bertz CT molecular complexity index is 1250. The molecule has 0 amide bonds. The largest absolute Gasteiger partial charge is 0.488 e. The van der Waals surface area contributed by atoms with Gasteiger partial charge in [-0.05, 0) is 55.0 Å². The molecule has 2 aromatic carbocycles. The zero-order valence-corrected chi connectivity index (χ0v) is 19.7. The second-order valence-corrected chi connectivity index (χ2v) is 8.76. The molecule has 1 saturated carbocycles. The van der Waals surface area contributed by atoms with Gasteiger partial charge in [0.2, 0.25) is 0 Å². The first-order valence-corrected chi connectivity index (χ1v) is 11.6. The number of aromatic nitrogens is 2. The fourth-order valence-corrected chi connectivity index (χ4v) is 4.57. The summed E-state index contributed by atoms with van der Waals surface area (Å²) in [5.74, 6) is -0.252. The number of esters is 1. The van der Waals surface area contributed by atoms with E-state index in [1.54, 1.807) is 19.1 Å². The van der Waals surface area contributed by atoms with Gasteiger partial charge in [0.25, 0.3) is 0 Å². The summed E-state index contributed by atoms with van der Waals surface area (Å²) in [7, 11) is 0. The quantitative estimate of drug-likeness (QED) is 0.198. The van der Waals surface area contributed by atoms with E-state index in [0.29, 0.717) is 17.9 Å². The summed E-state index contributed by atoms with van der Waals surface area (Å²) in [6, 6.07) is 14.3. The number of benzene rings is 2. The highest BCUT2D eigenvalue weighted by atomic mass is 19.1. The van der Waals surface area contributed by atoms with Crippen LogP contribution in [-0.4, -0.2) is 39.8 Å². The first kappa shape index (κ1) is 25.1. The lowest BCUT2D eigenvalue weighted by atomic mass is 9.79. The van der Waals surface area contributed by atoms with Crippen molar-refractivity contribution in [3.63, 3.8) is 0 Å². The molecule has 1 aromatic heterocycles. The van der Waals surface area contributed by atoms with Gasteiger partial charge in [-0.25, -0.2) is 14.4 Å². The molecule has 36 heavy (non-hydrogen) atoms. The minimum atomic E-state index is -1.07. The molecule has 3 aromatic rings. The van der Waals surface area contributed by atoms with Gasteiger partial charge in [-0.15, -0.1) is 0 Å². The van der Waals surface area contributed by atoms with Crippen LogP contribution in [0.15, 0.2) is 66.0 Å². The number of carbonyl (C=O) groups excluding carboxylic acids is 1. The second kappa shape index (κ2) is 11.2. The minimum absolute atomic E-state index is 0.101. The van der Waals surface area contributed by atoms with E-state index in [-0.39, 0.29) is 31.7 Å². The fourth-order valence-electron chi connectivity index (χ4n) is 4.57. The van der Waals surface area contributed by atoms with Crippen LogP contribution in [0.25, 0.3) is 21.8 Å². The lowest BCUT2D eigenvalue weighted by molar-refractivity contribution is -0.155. The molecule has 0 radical (unpaired) electrons. The fraction of sp³-hybridized carbons (Fsp3) is 0.346. The molecule has 0 aliphatic heterocycles. The lowest BCUT2D eigenvalue weighted by Crippen LogP contribution is -2.33. The molecule has 1 N–H and O–H groups in total. The van der Waals surface area contributed by atoms with E-state index in [2.05, 4.69) is 20.0 Å². The predicted molar refractivity (Wildman–Crippen MR) is 129 cm³/mol. The van der Waals surface area contributed by atoms with Crippen molar-refractivity contribution in [3.8, 4) is 17.1 Å². The summed E-state index contributed by atoms with van der Waals surface area (Å²) in [5, 5.41) is 14.2. The third-order valence-corrected chi connectivity index (χ3v) is 6.24. The maximum Gasteiger partial charge on any atom is 0.312 e. The first-order chi connectivity index (χ1) is 17.4. The van der Waals surface area contributed by atoms with Crippen molar-refractivity contribution in [1.29, 1.82) is 0 Å². The molecule has 1 aliphatic carbocycles. The normalized spacial score (nSPS) is 21.0. The number of halogens is 1. The Morgan fingerprint density at radius 1 is 1.19 bits per heavy atom. The predicted octanol–water partition coefficient (Wildman–Crippen LogP) is 4.79. The van der Waals surface area contributed by atoms with E-state index in [1.807, 2.05) is 36.4 Å². The SMILES string of the molecule is CCOC(=O)[C@@]1(Cc2ccc(OCc3ccccc3)c(-c3ncc(F)cn3)c2)C[C@@H](O)[C@H](N=[N+]=[N-])C1. The summed E-state index contributed by atoms with van der Waals surface area (Å²) in [6.07, 6.45) is 1.68. The third-order valence-electron chi connectivity index (χ3n) is 6.24. The average molecular weight is 492 g/mol. The number of aliphatic hydroxyl groups is 1. The van der Waals surface area contributed by atoms with Crippen LogP contribution < -0.4 is 4.74 Å². The Morgan fingerprint density at radius 2 is 1.94 bits per heavy atom. The van der Waals surface area contributed by atoms with Gasteiger partial charge in [0, 0.05) is 4.91 Å². The van der Waals surface area contributed by atoms with Gasteiger partial charge in [-0.3, -0.25) is 4.79 Å². The van der Waals surface area contributed by atoms with Gasteiger partial charge in [-0.2, -0.15) is 0 Å². The van der Waals surface area contributed by atoms with E-state index >= 15 is 0 Å². The van der Waals surface area contributed by atoms with Crippen LogP contribution in [0.4, 0.5) is 4.39 Å². The van der Waals surface area contributed by atoms with Crippen LogP contribution in [0, 0.1) is 11.2 Å². The van der Waals surface area contributed by atoms with Crippen LogP contribution in [0.5, 0.6) is 5.75 Å². The van der Waals surface area contributed by atoms with Crippen LogP contribution in [-0.2, 0) is 22.6 Å². The topological polar surface area (TPSA) is 130 Å². The van der Waals surface area contributed by atoms with Crippen LogP contribution in [0.2, 0.25) is 0 Å². The number of nitrogens with zero attached hydrogens (tertiary/aromatic N) is 5. The molecule has 0 unspecified atom stereocenters. The van der Waals surface area contributed by atoms with E-state index in [0.717, 1.165) is 23.5 Å². The van der Waals surface area contributed by atoms with Gasteiger partial charge in [0.15, 0.2) is 11.6 Å². The minimum Gasteiger partial charge on any atom is -0.488 e. The summed E-state index contributed by atoms with van der Waals surface area (Å²) in [5.41, 5.74) is 10.0. The summed E-state index contributed by atoms with van der Waals surface area (Å²) < 4.78 is 24.9. The standard InChI is InChI=1S/C26H26FN5O4/c1-2-35-25(34)26(12-21(31-32-28)22(33)13-26)11-18-8-9-23(36-16-17-6-4-3-5-7-17)20(10-18)24-29-14-19(27)15-30-24/h3-10,14-15,21-22,33H,2,11-13,16H2,1H3/t21-,22-,26-/m1/s1. The van der Waals surface area contributed by atoms with Gasteiger partial charge < -0.3 is 14.6 Å². The summed E-state index contributed by atoms with van der Waals surface area (Å²) in [6.45, 7) is 2.20. The Balaban J connectivity index is 1.68. The highest BCUT2D eigenvalue weighted by Gasteiger charge is 2.50. The van der Waals surface area contributed by atoms with Crippen molar-refractivity contribution in [2.24, 2.45) is 10.5 Å². The zero-order valence-electron chi connectivity index (χ0n) is 19.7. The van der Waals surface area contributed by atoms with E-state index in [4.69, 9.17) is 15.0 Å². The molecule has 1 aliphatic rings. The van der Waals surface area contributed by atoms with Crippen molar-refractivity contribution in [1.82, 2.24) is 9.97 Å². The molecule has 0 saturated heterocycles. The van der Waals surface area contributed by atoms with E-state index < -0.39 is 29.3 Å². The molecule has 1 fully saturated rings. The van der Waals surface area contributed by atoms with Gasteiger partial charge in [-0.1, -0.05) is 41.5 Å². The number of hydrogen-bond acceptors (Lipinski definition) is 7. The lowest BCUT2D eigenvalue weighted by Gasteiger charge is -2.27. The maximum atomic E-state index is 13.5. The Hall–Kier alpha value is -4.01. The van der Waals surface area contributed by atoms with Crippen LogP contribution >= 0.6 is 0 Å². The molecule has 186 valence electrons. The van der Waals surface area contributed by atoms with E-state index in [9.17, 15) is 14.3 Å². The molecule has 1 heterocycles. The smallest absolute Gasteiger partial charge is 0.312 e. The van der Waals surface area contributed by atoms with Crippen molar-refractivity contribution < 1.29 is 23.8 Å².